The Kier molecular flexibility index (Phi) is 3.63. The fraction of sp³-hybridized carbons (Fsp3) is 0.333. The Labute approximate surface area is 117 Å². The molecule has 0 saturated carbocycles. The van der Waals surface area contributed by atoms with E-state index in [0.29, 0.717) is 0 Å². The standard InChI is InChI=1S/C15H18N2O3/c1-15(2,20-4)11-8-6-5-7-10(11)13-9-12(14(18)19)16-17(13)3/h5-9H,1-4H3,(H,18,19). The third-order valence-electron chi connectivity index (χ3n) is 3.46. The van der Waals surface area contributed by atoms with Crippen molar-refractivity contribution in [3.05, 3.63) is 41.6 Å². The average molecular weight is 274 g/mol. The summed E-state index contributed by atoms with van der Waals surface area (Å²) in [5, 5.41) is 13.1. The average Bonchev–Trinajstić information content (AvgIpc) is 2.81. The number of carboxylic acid groups (broad SMARTS) is 1. The van der Waals surface area contributed by atoms with Crippen molar-refractivity contribution < 1.29 is 14.6 Å². The van der Waals surface area contributed by atoms with Gasteiger partial charge in [0.2, 0.25) is 0 Å². The monoisotopic (exact) mass is 274 g/mol. The van der Waals surface area contributed by atoms with Crippen LogP contribution < -0.4 is 0 Å². The minimum absolute atomic E-state index is 0.0347. The van der Waals surface area contributed by atoms with Crippen LogP contribution in [0.25, 0.3) is 11.3 Å². The van der Waals surface area contributed by atoms with E-state index in [1.54, 1.807) is 24.9 Å². The summed E-state index contributed by atoms with van der Waals surface area (Å²) in [4.78, 5) is 11.0. The van der Waals surface area contributed by atoms with Crippen molar-refractivity contribution in [2.75, 3.05) is 7.11 Å². The van der Waals surface area contributed by atoms with Crippen LogP contribution in [0.2, 0.25) is 0 Å². The molecule has 0 unspecified atom stereocenters. The number of methoxy groups -OCH3 is 1. The molecule has 0 atom stereocenters. The molecule has 1 heterocycles. The molecule has 2 rings (SSSR count). The normalized spacial score (nSPS) is 11.6. The molecular formula is C15H18N2O3. The number of ether oxygens (including phenoxy) is 1. The van der Waals surface area contributed by atoms with E-state index < -0.39 is 11.6 Å². The second-order valence-electron chi connectivity index (χ2n) is 5.10. The molecule has 0 aliphatic rings. The van der Waals surface area contributed by atoms with Gasteiger partial charge in [0, 0.05) is 19.7 Å². The van der Waals surface area contributed by atoms with Gasteiger partial charge in [0.25, 0.3) is 0 Å². The number of aromatic carboxylic acids is 1. The molecule has 0 fully saturated rings. The summed E-state index contributed by atoms with van der Waals surface area (Å²) in [5.74, 6) is -1.03. The van der Waals surface area contributed by atoms with E-state index in [1.807, 2.05) is 38.1 Å². The lowest BCUT2D eigenvalue weighted by molar-refractivity contribution is 0.0197. The molecular weight excluding hydrogens is 256 g/mol. The second-order valence-corrected chi connectivity index (χ2v) is 5.10. The van der Waals surface area contributed by atoms with Crippen LogP contribution in [0.1, 0.15) is 29.9 Å². The third-order valence-corrected chi connectivity index (χ3v) is 3.46. The van der Waals surface area contributed by atoms with Crippen molar-refractivity contribution >= 4 is 5.97 Å². The Balaban J connectivity index is 2.62. The van der Waals surface area contributed by atoms with Crippen LogP contribution in [0.15, 0.2) is 30.3 Å². The van der Waals surface area contributed by atoms with Crippen LogP contribution in [-0.2, 0) is 17.4 Å². The van der Waals surface area contributed by atoms with Crippen LogP contribution in [-0.4, -0.2) is 28.0 Å². The van der Waals surface area contributed by atoms with E-state index in [1.165, 1.54) is 0 Å². The highest BCUT2D eigenvalue weighted by Crippen LogP contribution is 2.33. The molecule has 0 saturated heterocycles. The molecule has 0 aliphatic carbocycles. The van der Waals surface area contributed by atoms with Gasteiger partial charge < -0.3 is 9.84 Å². The Morgan fingerprint density at radius 2 is 2.00 bits per heavy atom. The smallest absolute Gasteiger partial charge is 0.356 e. The van der Waals surface area contributed by atoms with Gasteiger partial charge in [0.15, 0.2) is 5.69 Å². The van der Waals surface area contributed by atoms with Crippen molar-refractivity contribution in [1.82, 2.24) is 9.78 Å². The van der Waals surface area contributed by atoms with Crippen LogP contribution in [0.4, 0.5) is 0 Å². The summed E-state index contributed by atoms with van der Waals surface area (Å²) in [6.07, 6.45) is 0. The molecule has 1 N–H and O–H groups in total. The second kappa shape index (κ2) is 5.09. The summed E-state index contributed by atoms with van der Waals surface area (Å²) in [5.41, 5.74) is 2.23. The van der Waals surface area contributed by atoms with Crippen molar-refractivity contribution in [3.8, 4) is 11.3 Å². The highest BCUT2D eigenvalue weighted by Gasteiger charge is 2.25. The quantitative estimate of drug-likeness (QED) is 0.931. The molecule has 0 radical (unpaired) electrons. The maximum Gasteiger partial charge on any atom is 0.356 e. The van der Waals surface area contributed by atoms with Crippen LogP contribution in [0, 0.1) is 0 Å². The van der Waals surface area contributed by atoms with Crippen molar-refractivity contribution in [2.24, 2.45) is 7.05 Å². The fourth-order valence-electron chi connectivity index (χ4n) is 2.17. The Bertz CT molecular complexity index is 644. The number of nitrogens with zero attached hydrogens (tertiary/aromatic N) is 2. The molecule has 5 heteroatoms. The molecule has 1 aromatic carbocycles. The van der Waals surface area contributed by atoms with Gasteiger partial charge in [-0.05, 0) is 25.5 Å². The van der Waals surface area contributed by atoms with Gasteiger partial charge in [-0.1, -0.05) is 24.3 Å². The lowest BCUT2D eigenvalue weighted by atomic mass is 9.91. The summed E-state index contributed by atoms with van der Waals surface area (Å²) in [6.45, 7) is 3.95. The van der Waals surface area contributed by atoms with Crippen LogP contribution in [0.5, 0.6) is 0 Å². The first kappa shape index (κ1) is 14.3. The topological polar surface area (TPSA) is 64.3 Å². The van der Waals surface area contributed by atoms with Crippen molar-refractivity contribution in [2.45, 2.75) is 19.4 Å². The number of carbonyl (C=O) groups is 1. The molecule has 5 nitrogen and oxygen atoms in total. The predicted octanol–water partition coefficient (Wildman–Crippen LogP) is 2.67. The molecule has 2 aromatic rings. The third kappa shape index (κ3) is 2.44. The van der Waals surface area contributed by atoms with Gasteiger partial charge in [-0.2, -0.15) is 5.10 Å². The minimum atomic E-state index is -1.03. The first-order chi connectivity index (χ1) is 9.36. The zero-order valence-corrected chi connectivity index (χ0v) is 12.0. The Morgan fingerprint density at radius 3 is 2.55 bits per heavy atom. The highest BCUT2D eigenvalue weighted by molar-refractivity contribution is 5.87. The number of hydrogen-bond acceptors (Lipinski definition) is 3. The molecule has 1 aromatic heterocycles. The first-order valence-electron chi connectivity index (χ1n) is 6.29. The Hall–Kier alpha value is -2.14. The minimum Gasteiger partial charge on any atom is -0.476 e. The van der Waals surface area contributed by atoms with Gasteiger partial charge >= 0.3 is 5.97 Å². The SMILES string of the molecule is COC(C)(C)c1ccccc1-c1cc(C(=O)O)nn1C. The zero-order valence-electron chi connectivity index (χ0n) is 12.0. The fourth-order valence-corrected chi connectivity index (χ4v) is 2.17. The molecule has 0 spiro atoms. The van der Waals surface area contributed by atoms with E-state index >= 15 is 0 Å². The van der Waals surface area contributed by atoms with E-state index in [-0.39, 0.29) is 5.69 Å². The number of aryl methyl sites for hydroxylation is 1. The van der Waals surface area contributed by atoms with Gasteiger partial charge in [-0.15, -0.1) is 0 Å². The summed E-state index contributed by atoms with van der Waals surface area (Å²) < 4.78 is 7.11. The van der Waals surface area contributed by atoms with E-state index in [4.69, 9.17) is 9.84 Å². The zero-order chi connectivity index (χ0) is 14.9. The highest BCUT2D eigenvalue weighted by atomic mass is 16.5. The van der Waals surface area contributed by atoms with Gasteiger partial charge in [-0.25, -0.2) is 4.79 Å². The first-order valence-corrected chi connectivity index (χ1v) is 6.29. The lowest BCUT2D eigenvalue weighted by Gasteiger charge is -2.26. The summed E-state index contributed by atoms with van der Waals surface area (Å²) >= 11 is 0. The van der Waals surface area contributed by atoms with Gasteiger partial charge in [0.05, 0.1) is 11.3 Å². The number of benzene rings is 1. The lowest BCUT2D eigenvalue weighted by Crippen LogP contribution is -2.20. The van der Waals surface area contributed by atoms with Crippen LogP contribution >= 0.6 is 0 Å². The largest absolute Gasteiger partial charge is 0.476 e. The number of hydrogen-bond donors (Lipinski definition) is 1. The number of carboxylic acids is 1. The maximum atomic E-state index is 11.0. The maximum absolute atomic E-state index is 11.0. The van der Waals surface area contributed by atoms with E-state index in [2.05, 4.69) is 5.10 Å². The Morgan fingerprint density at radius 1 is 1.35 bits per heavy atom. The van der Waals surface area contributed by atoms with Gasteiger partial charge in [-0.3, -0.25) is 4.68 Å². The van der Waals surface area contributed by atoms with E-state index in [9.17, 15) is 4.79 Å². The number of aromatic nitrogens is 2. The molecule has 0 amide bonds. The molecule has 0 bridgehead atoms. The predicted molar refractivity (Wildman–Crippen MR) is 75.6 cm³/mol. The van der Waals surface area contributed by atoms with Gasteiger partial charge in [0.1, 0.15) is 0 Å². The van der Waals surface area contributed by atoms with E-state index in [0.717, 1.165) is 16.8 Å². The summed E-state index contributed by atoms with van der Waals surface area (Å²) in [7, 11) is 3.39. The summed E-state index contributed by atoms with van der Waals surface area (Å²) in [6, 6.07) is 9.35. The molecule has 106 valence electrons. The number of rotatable bonds is 4. The van der Waals surface area contributed by atoms with Crippen LogP contribution in [0.3, 0.4) is 0 Å². The molecule has 0 aliphatic heterocycles. The van der Waals surface area contributed by atoms with Crippen molar-refractivity contribution in [3.63, 3.8) is 0 Å². The molecule has 20 heavy (non-hydrogen) atoms. The van der Waals surface area contributed by atoms with Crippen molar-refractivity contribution in [1.29, 1.82) is 0 Å².